The van der Waals surface area contributed by atoms with E-state index >= 15 is 0 Å². The smallest absolute Gasteiger partial charge is 0.333 e. The lowest BCUT2D eigenvalue weighted by Crippen LogP contribution is -2.50. The van der Waals surface area contributed by atoms with E-state index in [-0.39, 0.29) is 23.6 Å². The summed E-state index contributed by atoms with van der Waals surface area (Å²) in [6.45, 7) is 9.74. The molecule has 1 fully saturated rings. The highest BCUT2D eigenvalue weighted by Crippen LogP contribution is 2.27. The molecule has 0 bridgehead atoms. The Balaban J connectivity index is 2.07. The van der Waals surface area contributed by atoms with Crippen LogP contribution in [0.3, 0.4) is 0 Å². The normalized spacial score (nSPS) is 20.1. The molecule has 0 aromatic heterocycles. The van der Waals surface area contributed by atoms with Crippen molar-refractivity contribution in [1.82, 2.24) is 9.62 Å². The number of hydrogen-bond donors (Lipinski definition) is 1. The summed E-state index contributed by atoms with van der Waals surface area (Å²) in [6, 6.07) is 5.59. The minimum Gasteiger partial charge on any atom is -0.376 e. The fraction of sp³-hybridized carbons (Fsp3) is 0.588. The summed E-state index contributed by atoms with van der Waals surface area (Å²) >= 11 is 0. The van der Waals surface area contributed by atoms with Gasteiger partial charge in [0.05, 0.1) is 24.2 Å². The number of nitrogens with zero attached hydrogens (tertiary/aromatic N) is 1. The van der Waals surface area contributed by atoms with E-state index in [4.69, 9.17) is 9.47 Å². The van der Waals surface area contributed by atoms with Crippen LogP contribution in [0, 0.1) is 6.92 Å². The monoisotopic (exact) mass is 370 g/mol. The maximum absolute atomic E-state index is 12.5. The lowest BCUT2D eigenvalue weighted by molar-refractivity contribution is -0.0873. The minimum atomic E-state index is -3.94. The number of urea groups is 1. The largest absolute Gasteiger partial charge is 0.376 e. The summed E-state index contributed by atoms with van der Waals surface area (Å²) in [4.78, 5) is 13.9. The van der Waals surface area contributed by atoms with Gasteiger partial charge < -0.3 is 9.47 Å². The van der Waals surface area contributed by atoms with E-state index in [1.165, 1.54) is 17.0 Å². The zero-order chi connectivity index (χ0) is 18.8. The number of rotatable bonds is 5. The second-order valence-corrected chi connectivity index (χ2v) is 8.59. The standard InChI is InChI=1S/C17H26N2O5S/c1-12(2)23-11-14-10-19(17(4,5)24-14)16(20)18-25(21,22)15-8-6-13(3)7-9-15/h6-9,12,14H,10-11H2,1-5H3,(H,18,20). The number of ether oxygens (including phenoxy) is 2. The Morgan fingerprint density at radius 2 is 1.96 bits per heavy atom. The zero-order valence-corrected chi connectivity index (χ0v) is 16.1. The summed E-state index contributed by atoms with van der Waals surface area (Å²) in [5.74, 6) is 0. The van der Waals surface area contributed by atoms with Crippen LogP contribution in [-0.2, 0) is 19.5 Å². The van der Waals surface area contributed by atoms with Crippen molar-refractivity contribution in [3.8, 4) is 0 Å². The highest BCUT2D eigenvalue weighted by Gasteiger charge is 2.43. The van der Waals surface area contributed by atoms with Gasteiger partial charge in [0.15, 0.2) is 0 Å². The summed E-state index contributed by atoms with van der Waals surface area (Å²) in [6.07, 6.45) is -0.248. The number of aryl methyl sites for hydroxylation is 1. The predicted molar refractivity (Wildman–Crippen MR) is 93.6 cm³/mol. The number of carbonyl (C=O) groups is 1. The van der Waals surface area contributed by atoms with Crippen molar-refractivity contribution in [2.24, 2.45) is 0 Å². The van der Waals surface area contributed by atoms with Gasteiger partial charge in [-0.05, 0) is 46.8 Å². The molecule has 1 aromatic carbocycles. The molecule has 1 saturated heterocycles. The summed E-state index contributed by atoms with van der Waals surface area (Å²) in [5, 5.41) is 0. The molecule has 1 unspecified atom stereocenters. The van der Waals surface area contributed by atoms with Crippen molar-refractivity contribution < 1.29 is 22.7 Å². The Kier molecular flexibility index (Phi) is 5.75. The molecule has 0 aliphatic carbocycles. The average Bonchev–Trinajstić information content (AvgIpc) is 2.80. The Morgan fingerprint density at radius 1 is 1.36 bits per heavy atom. The topological polar surface area (TPSA) is 84.9 Å². The van der Waals surface area contributed by atoms with Gasteiger partial charge >= 0.3 is 6.03 Å². The van der Waals surface area contributed by atoms with Gasteiger partial charge in [-0.25, -0.2) is 17.9 Å². The van der Waals surface area contributed by atoms with Gasteiger partial charge in [-0.1, -0.05) is 17.7 Å². The molecule has 140 valence electrons. The fourth-order valence-electron chi connectivity index (χ4n) is 2.59. The molecule has 1 atom stereocenters. The summed E-state index contributed by atoms with van der Waals surface area (Å²) < 4.78 is 38.2. The van der Waals surface area contributed by atoms with Crippen LogP contribution in [0.2, 0.25) is 0 Å². The fourth-order valence-corrected chi connectivity index (χ4v) is 3.54. The zero-order valence-electron chi connectivity index (χ0n) is 15.3. The van der Waals surface area contributed by atoms with Crippen LogP contribution in [-0.4, -0.2) is 50.4 Å². The molecule has 1 aliphatic heterocycles. The quantitative estimate of drug-likeness (QED) is 0.859. The maximum atomic E-state index is 12.5. The maximum Gasteiger partial charge on any atom is 0.333 e. The second-order valence-electron chi connectivity index (χ2n) is 6.90. The Bertz CT molecular complexity index is 713. The predicted octanol–water partition coefficient (Wildman–Crippen LogP) is 2.26. The highest BCUT2D eigenvalue weighted by molar-refractivity contribution is 7.90. The molecule has 0 saturated carbocycles. The molecule has 7 nitrogen and oxygen atoms in total. The van der Waals surface area contributed by atoms with Crippen LogP contribution in [0.1, 0.15) is 33.3 Å². The van der Waals surface area contributed by atoms with Gasteiger partial charge in [-0.2, -0.15) is 0 Å². The average molecular weight is 370 g/mol. The van der Waals surface area contributed by atoms with Crippen molar-refractivity contribution in [3.05, 3.63) is 29.8 Å². The van der Waals surface area contributed by atoms with Gasteiger partial charge in [-0.3, -0.25) is 4.90 Å². The molecule has 1 heterocycles. The van der Waals surface area contributed by atoms with Crippen LogP contribution in [0.5, 0.6) is 0 Å². The molecular formula is C17H26N2O5S. The summed E-state index contributed by atoms with van der Waals surface area (Å²) in [7, 11) is -3.94. The van der Waals surface area contributed by atoms with Crippen molar-refractivity contribution in [1.29, 1.82) is 0 Å². The third-order valence-electron chi connectivity index (χ3n) is 3.90. The van der Waals surface area contributed by atoms with E-state index in [1.807, 2.05) is 20.8 Å². The molecule has 8 heteroatoms. The lowest BCUT2D eigenvalue weighted by Gasteiger charge is -2.29. The Morgan fingerprint density at radius 3 is 2.52 bits per heavy atom. The van der Waals surface area contributed by atoms with E-state index in [2.05, 4.69) is 4.72 Å². The number of benzene rings is 1. The lowest BCUT2D eigenvalue weighted by atomic mass is 10.2. The minimum absolute atomic E-state index is 0.0454. The van der Waals surface area contributed by atoms with Crippen LogP contribution >= 0.6 is 0 Å². The molecule has 1 aliphatic rings. The van der Waals surface area contributed by atoms with E-state index in [0.29, 0.717) is 6.61 Å². The van der Waals surface area contributed by atoms with Crippen molar-refractivity contribution in [2.45, 2.75) is 57.4 Å². The third-order valence-corrected chi connectivity index (χ3v) is 5.24. The van der Waals surface area contributed by atoms with Crippen molar-refractivity contribution >= 4 is 16.1 Å². The molecule has 1 N–H and O–H groups in total. The molecule has 2 amide bonds. The molecule has 25 heavy (non-hydrogen) atoms. The highest BCUT2D eigenvalue weighted by atomic mass is 32.2. The molecule has 2 rings (SSSR count). The summed E-state index contributed by atoms with van der Waals surface area (Å²) in [5.41, 5.74) is 0.0186. The van der Waals surface area contributed by atoms with Crippen LogP contribution in [0.15, 0.2) is 29.2 Å². The first-order valence-corrected chi connectivity index (χ1v) is 9.70. The number of sulfonamides is 1. The first-order valence-electron chi connectivity index (χ1n) is 8.22. The van der Waals surface area contributed by atoms with Crippen LogP contribution in [0.25, 0.3) is 0 Å². The van der Waals surface area contributed by atoms with Crippen molar-refractivity contribution in [2.75, 3.05) is 13.2 Å². The van der Waals surface area contributed by atoms with E-state index in [0.717, 1.165) is 5.56 Å². The Hall–Kier alpha value is -1.64. The van der Waals surface area contributed by atoms with Crippen LogP contribution in [0.4, 0.5) is 4.79 Å². The molecule has 0 spiro atoms. The second kappa shape index (κ2) is 7.31. The number of carbonyl (C=O) groups excluding carboxylic acids is 1. The van der Waals surface area contributed by atoms with E-state index < -0.39 is 21.8 Å². The third kappa shape index (κ3) is 4.93. The molecule has 0 radical (unpaired) electrons. The van der Waals surface area contributed by atoms with Gasteiger partial charge in [0, 0.05) is 0 Å². The van der Waals surface area contributed by atoms with Crippen molar-refractivity contribution in [3.63, 3.8) is 0 Å². The van der Waals surface area contributed by atoms with Gasteiger partial charge in [0.25, 0.3) is 10.0 Å². The van der Waals surface area contributed by atoms with Gasteiger partial charge in [0.2, 0.25) is 0 Å². The molecule has 1 aromatic rings. The molecular weight excluding hydrogens is 344 g/mol. The van der Waals surface area contributed by atoms with E-state index in [1.54, 1.807) is 26.0 Å². The first kappa shape index (κ1) is 19.7. The SMILES string of the molecule is Cc1ccc(S(=O)(=O)NC(=O)N2CC(COC(C)C)OC2(C)C)cc1. The van der Waals surface area contributed by atoms with Gasteiger partial charge in [0.1, 0.15) is 11.8 Å². The number of amides is 2. The number of nitrogens with one attached hydrogen (secondary N) is 1. The Labute approximate surface area is 149 Å². The first-order chi connectivity index (χ1) is 11.5. The number of hydrogen-bond acceptors (Lipinski definition) is 5. The van der Waals surface area contributed by atoms with Gasteiger partial charge in [-0.15, -0.1) is 0 Å². The van der Waals surface area contributed by atoms with E-state index in [9.17, 15) is 13.2 Å². The van der Waals surface area contributed by atoms with Crippen LogP contribution < -0.4 is 4.72 Å².